The summed E-state index contributed by atoms with van der Waals surface area (Å²) in [5.41, 5.74) is 0.752. The van der Waals surface area contributed by atoms with Gasteiger partial charge in [-0.05, 0) is 42.0 Å². The van der Waals surface area contributed by atoms with Gasteiger partial charge in [-0.15, -0.1) is 0 Å². The van der Waals surface area contributed by atoms with Crippen LogP contribution in [0.4, 0.5) is 0 Å². The predicted octanol–water partition coefficient (Wildman–Crippen LogP) is 4.23. The van der Waals surface area contributed by atoms with Gasteiger partial charge in [-0.1, -0.05) is 29.8 Å². The fourth-order valence-corrected chi connectivity index (χ4v) is 1.70. The number of hydrogen-bond donors (Lipinski definition) is 1. The number of carboxylic acid groups (broad SMARTS) is 1. The summed E-state index contributed by atoms with van der Waals surface area (Å²) in [5.74, 6) is 0.267. The van der Waals surface area contributed by atoms with Gasteiger partial charge in [0.1, 0.15) is 11.5 Å². The highest BCUT2D eigenvalue weighted by molar-refractivity contribution is 6.30. The molecule has 2 aromatic carbocycles. The van der Waals surface area contributed by atoms with E-state index in [1.54, 1.807) is 48.5 Å². The number of rotatable bonds is 4. The first kappa shape index (κ1) is 13.2. The average Bonchev–Trinajstić information content (AvgIpc) is 2.37. The Balaban J connectivity index is 2.17. The normalized spacial score (nSPS) is 10.6. The molecule has 0 bridgehead atoms. The number of ether oxygens (including phenoxy) is 1. The monoisotopic (exact) mass is 274 g/mol. The molecule has 96 valence electrons. The second kappa shape index (κ2) is 6.07. The van der Waals surface area contributed by atoms with Crippen LogP contribution < -0.4 is 4.74 Å². The minimum atomic E-state index is -0.985. The minimum absolute atomic E-state index is 0.597. The summed E-state index contributed by atoms with van der Waals surface area (Å²) in [6.07, 6.45) is 2.59. The maximum Gasteiger partial charge on any atom is 0.328 e. The van der Waals surface area contributed by atoms with Crippen LogP contribution in [-0.4, -0.2) is 11.1 Å². The van der Waals surface area contributed by atoms with E-state index in [1.165, 1.54) is 6.08 Å². The molecule has 0 atom stereocenters. The zero-order valence-electron chi connectivity index (χ0n) is 9.92. The van der Waals surface area contributed by atoms with Gasteiger partial charge in [-0.25, -0.2) is 4.79 Å². The van der Waals surface area contributed by atoms with Crippen LogP contribution in [0.1, 0.15) is 5.56 Å². The third-order valence-corrected chi connectivity index (χ3v) is 2.54. The van der Waals surface area contributed by atoms with E-state index in [9.17, 15) is 4.79 Å². The molecule has 0 aliphatic heterocycles. The van der Waals surface area contributed by atoms with Crippen LogP contribution in [0.15, 0.2) is 54.6 Å². The molecular weight excluding hydrogens is 264 g/mol. The summed E-state index contributed by atoms with van der Waals surface area (Å²) in [5, 5.41) is 9.17. The smallest absolute Gasteiger partial charge is 0.328 e. The fourth-order valence-electron chi connectivity index (χ4n) is 1.52. The average molecular weight is 275 g/mol. The summed E-state index contributed by atoms with van der Waals surface area (Å²) in [6, 6.07) is 14.2. The Morgan fingerprint density at radius 2 is 1.79 bits per heavy atom. The molecule has 1 N–H and O–H groups in total. The van der Waals surface area contributed by atoms with Crippen LogP contribution in [0.25, 0.3) is 6.08 Å². The third kappa shape index (κ3) is 4.16. The summed E-state index contributed by atoms with van der Waals surface area (Å²) in [6.45, 7) is 0. The molecule has 2 rings (SSSR count). The van der Waals surface area contributed by atoms with Gasteiger partial charge >= 0.3 is 5.97 Å². The predicted molar refractivity (Wildman–Crippen MR) is 74.6 cm³/mol. The molecule has 2 aromatic rings. The maximum absolute atomic E-state index is 10.5. The first-order valence-corrected chi connectivity index (χ1v) is 5.96. The lowest BCUT2D eigenvalue weighted by Crippen LogP contribution is -1.87. The zero-order valence-corrected chi connectivity index (χ0v) is 10.7. The summed E-state index contributed by atoms with van der Waals surface area (Å²) < 4.78 is 5.64. The molecule has 3 nitrogen and oxygen atoms in total. The number of carboxylic acids is 1. The molecule has 0 aliphatic rings. The highest BCUT2D eigenvalue weighted by Gasteiger charge is 1.99. The lowest BCUT2D eigenvalue weighted by Gasteiger charge is -2.06. The zero-order chi connectivity index (χ0) is 13.7. The molecule has 0 heterocycles. The van der Waals surface area contributed by atoms with E-state index in [4.69, 9.17) is 21.4 Å². The van der Waals surface area contributed by atoms with Crippen molar-refractivity contribution < 1.29 is 14.6 Å². The molecule has 0 spiro atoms. The Hall–Kier alpha value is -2.26. The lowest BCUT2D eigenvalue weighted by molar-refractivity contribution is -0.131. The van der Waals surface area contributed by atoms with E-state index in [0.717, 1.165) is 11.6 Å². The Kier molecular flexibility index (Phi) is 4.21. The molecule has 0 saturated carbocycles. The maximum atomic E-state index is 10.5. The van der Waals surface area contributed by atoms with Gasteiger partial charge in [0.25, 0.3) is 0 Å². The van der Waals surface area contributed by atoms with E-state index in [0.29, 0.717) is 16.5 Å². The summed E-state index contributed by atoms with van der Waals surface area (Å²) in [7, 11) is 0. The van der Waals surface area contributed by atoms with Gasteiger partial charge in [0, 0.05) is 11.1 Å². The van der Waals surface area contributed by atoms with E-state index in [-0.39, 0.29) is 0 Å². The van der Waals surface area contributed by atoms with Crippen molar-refractivity contribution in [3.8, 4) is 11.5 Å². The Bertz CT molecular complexity index is 620. The van der Waals surface area contributed by atoms with Crippen molar-refractivity contribution in [3.05, 3.63) is 65.2 Å². The second-order valence-electron chi connectivity index (χ2n) is 3.80. The first-order valence-electron chi connectivity index (χ1n) is 5.58. The van der Waals surface area contributed by atoms with Crippen molar-refractivity contribution in [1.82, 2.24) is 0 Å². The van der Waals surface area contributed by atoms with Crippen LogP contribution in [-0.2, 0) is 4.79 Å². The first-order chi connectivity index (χ1) is 9.13. The number of aliphatic carboxylic acids is 1. The standard InChI is InChI=1S/C15H11ClO3/c16-12-4-2-6-14(10-12)19-13-5-1-3-11(9-13)7-8-15(17)18/h1-10H,(H,17,18). The largest absolute Gasteiger partial charge is 0.478 e. The highest BCUT2D eigenvalue weighted by atomic mass is 35.5. The van der Waals surface area contributed by atoms with Crippen molar-refractivity contribution in [2.75, 3.05) is 0 Å². The van der Waals surface area contributed by atoms with Crippen molar-refractivity contribution in [2.24, 2.45) is 0 Å². The summed E-state index contributed by atoms with van der Waals surface area (Å²) >= 11 is 5.87. The summed E-state index contributed by atoms with van der Waals surface area (Å²) in [4.78, 5) is 10.5. The molecule has 0 aromatic heterocycles. The van der Waals surface area contributed by atoms with Crippen LogP contribution in [0.2, 0.25) is 5.02 Å². The van der Waals surface area contributed by atoms with Gasteiger partial charge < -0.3 is 9.84 Å². The molecule has 0 radical (unpaired) electrons. The van der Waals surface area contributed by atoms with Gasteiger partial charge in [0.15, 0.2) is 0 Å². The van der Waals surface area contributed by atoms with Crippen molar-refractivity contribution in [2.45, 2.75) is 0 Å². The Morgan fingerprint density at radius 1 is 1.11 bits per heavy atom. The number of hydrogen-bond acceptors (Lipinski definition) is 2. The molecule has 0 fully saturated rings. The quantitative estimate of drug-likeness (QED) is 0.849. The van der Waals surface area contributed by atoms with Crippen LogP contribution in [0.3, 0.4) is 0 Å². The van der Waals surface area contributed by atoms with Crippen LogP contribution in [0, 0.1) is 0 Å². The number of halogens is 1. The Labute approximate surface area is 115 Å². The topological polar surface area (TPSA) is 46.5 Å². The van der Waals surface area contributed by atoms with Crippen LogP contribution in [0.5, 0.6) is 11.5 Å². The van der Waals surface area contributed by atoms with E-state index < -0.39 is 5.97 Å². The molecule has 0 saturated heterocycles. The lowest BCUT2D eigenvalue weighted by atomic mass is 10.2. The number of carbonyl (C=O) groups is 1. The molecule has 19 heavy (non-hydrogen) atoms. The molecule has 0 aliphatic carbocycles. The SMILES string of the molecule is O=C(O)C=Cc1cccc(Oc2cccc(Cl)c2)c1. The van der Waals surface area contributed by atoms with Crippen molar-refractivity contribution in [3.63, 3.8) is 0 Å². The Morgan fingerprint density at radius 3 is 2.47 bits per heavy atom. The van der Waals surface area contributed by atoms with E-state index >= 15 is 0 Å². The highest BCUT2D eigenvalue weighted by Crippen LogP contribution is 2.24. The molecule has 0 amide bonds. The molecule has 0 unspecified atom stereocenters. The van der Waals surface area contributed by atoms with Crippen molar-refractivity contribution >= 4 is 23.6 Å². The van der Waals surface area contributed by atoms with Gasteiger partial charge in [-0.3, -0.25) is 0 Å². The fraction of sp³-hybridized carbons (Fsp3) is 0. The van der Waals surface area contributed by atoms with Crippen molar-refractivity contribution in [1.29, 1.82) is 0 Å². The minimum Gasteiger partial charge on any atom is -0.478 e. The van der Waals surface area contributed by atoms with Gasteiger partial charge in [0.05, 0.1) is 0 Å². The van der Waals surface area contributed by atoms with Gasteiger partial charge in [0.2, 0.25) is 0 Å². The van der Waals surface area contributed by atoms with Crippen LogP contribution >= 0.6 is 11.6 Å². The third-order valence-electron chi connectivity index (χ3n) is 2.31. The second-order valence-corrected chi connectivity index (χ2v) is 4.24. The van der Waals surface area contributed by atoms with Gasteiger partial charge in [-0.2, -0.15) is 0 Å². The van der Waals surface area contributed by atoms with E-state index in [1.807, 2.05) is 0 Å². The molecule has 4 heteroatoms. The molecular formula is C15H11ClO3. The van der Waals surface area contributed by atoms with E-state index in [2.05, 4.69) is 0 Å². The number of benzene rings is 2.